The van der Waals surface area contributed by atoms with E-state index in [1.54, 1.807) is 0 Å². The molecule has 1 amide bonds. The average Bonchev–Trinajstić information content (AvgIpc) is 3.09. The average molecular weight is 720 g/mol. The molecule has 5 N–H and O–H groups in total. The van der Waals surface area contributed by atoms with Crippen LogP contribution in [0.5, 0.6) is 11.5 Å². The summed E-state index contributed by atoms with van der Waals surface area (Å²) in [6, 6.07) is 15.4. The largest absolute Gasteiger partial charge is 1.00 e. The number of aryl methyl sites for hydroxylation is 2. The molecule has 0 bridgehead atoms. The summed E-state index contributed by atoms with van der Waals surface area (Å²) in [4.78, 5) is 44.0. The van der Waals surface area contributed by atoms with Crippen LogP contribution in [0.1, 0.15) is 47.3 Å². The van der Waals surface area contributed by atoms with Crippen molar-refractivity contribution >= 4 is 41.1 Å². The minimum Gasteiger partial charge on any atom is -1.00 e. The van der Waals surface area contributed by atoms with Gasteiger partial charge in [-0.05, 0) is 61.1 Å². The fraction of sp³-hybridized carbons (Fsp3) is 0.441. The maximum Gasteiger partial charge on any atom is 0.343 e. The van der Waals surface area contributed by atoms with Crippen LogP contribution in [0.2, 0.25) is 5.15 Å². The van der Waals surface area contributed by atoms with E-state index in [0.29, 0.717) is 11.5 Å². The van der Waals surface area contributed by atoms with Crippen LogP contribution in [0.25, 0.3) is 0 Å². The number of quaternary nitrogens is 1. The van der Waals surface area contributed by atoms with Crippen LogP contribution in [0.3, 0.4) is 0 Å². The molecular formula is C34H44Cl2N6O7. The topological polar surface area (TPSA) is 178 Å². The van der Waals surface area contributed by atoms with E-state index in [2.05, 4.69) is 24.8 Å². The van der Waals surface area contributed by atoms with E-state index < -0.39 is 17.8 Å². The van der Waals surface area contributed by atoms with Crippen molar-refractivity contribution < 1.29 is 50.2 Å². The molecule has 1 aliphatic rings. The molecular weight excluding hydrogens is 675 g/mol. The molecule has 0 aliphatic carbocycles. The molecule has 0 saturated carbocycles. The van der Waals surface area contributed by atoms with Gasteiger partial charge in [0.2, 0.25) is 0 Å². The van der Waals surface area contributed by atoms with Crippen LogP contribution in [-0.4, -0.2) is 92.0 Å². The zero-order valence-electron chi connectivity index (χ0n) is 27.8. The van der Waals surface area contributed by atoms with Crippen LogP contribution in [-0.2, 0) is 31.9 Å². The summed E-state index contributed by atoms with van der Waals surface area (Å²) in [6.45, 7) is 3.37. The Hall–Kier alpha value is -4.33. The molecule has 0 spiro atoms. The highest BCUT2D eigenvalue weighted by Gasteiger charge is 2.35. The summed E-state index contributed by atoms with van der Waals surface area (Å²) in [6.07, 6.45) is 5.42. The standard InChI is InChI=1S/C34H43ClN6O7.ClH/c1-45-28(42)21-47-26-13-9-23(10-14-26)6-3-17-41(18-4-7-24-11-15-27(16-12-24)48-22-29(43)46-2)19-5-8-25(20-41)38-34(44)30-32(36)40-33(37)31(35)39-30;/h9-16,25H,3-8,17-22H2,1-2H3,(H4-,36,37,38,40,44);1H. The lowest BCUT2D eigenvalue weighted by Gasteiger charge is -2.45. The van der Waals surface area contributed by atoms with Gasteiger partial charge >= 0.3 is 11.9 Å². The second kappa shape index (κ2) is 19.0. The molecule has 3 aromatic rings. The molecule has 1 fully saturated rings. The molecule has 13 nitrogen and oxygen atoms in total. The second-order valence-electron chi connectivity index (χ2n) is 11.9. The number of methoxy groups -OCH3 is 2. The predicted molar refractivity (Wildman–Crippen MR) is 181 cm³/mol. The molecule has 1 aromatic heterocycles. The Morgan fingerprint density at radius 1 is 0.837 bits per heavy atom. The molecule has 1 aliphatic heterocycles. The molecule has 15 heteroatoms. The number of anilines is 2. The van der Waals surface area contributed by atoms with Gasteiger partial charge in [0.1, 0.15) is 11.5 Å². The number of nitrogens with zero attached hydrogens (tertiary/aromatic N) is 3. The van der Waals surface area contributed by atoms with Gasteiger partial charge in [-0.3, -0.25) is 4.79 Å². The van der Waals surface area contributed by atoms with Crippen molar-refractivity contribution in [2.75, 3.05) is 65.1 Å². The highest BCUT2D eigenvalue weighted by molar-refractivity contribution is 6.31. The first-order valence-corrected chi connectivity index (χ1v) is 16.3. The van der Waals surface area contributed by atoms with E-state index in [1.165, 1.54) is 25.3 Å². The number of rotatable bonds is 16. The molecule has 1 unspecified atom stereocenters. The number of piperidine rings is 1. The third-order valence-corrected chi connectivity index (χ3v) is 8.74. The predicted octanol–water partition coefficient (Wildman–Crippen LogP) is 0.377. The monoisotopic (exact) mass is 718 g/mol. The van der Waals surface area contributed by atoms with Crippen LogP contribution in [0, 0.1) is 0 Å². The van der Waals surface area contributed by atoms with Gasteiger partial charge in [-0.25, -0.2) is 19.6 Å². The minimum absolute atomic E-state index is 0. The van der Waals surface area contributed by atoms with Gasteiger partial charge in [0.25, 0.3) is 5.91 Å². The van der Waals surface area contributed by atoms with Gasteiger partial charge in [0.15, 0.2) is 35.7 Å². The lowest BCUT2D eigenvalue weighted by molar-refractivity contribution is -0.933. The smallest absolute Gasteiger partial charge is 0.343 e. The SMILES string of the molecule is COC(=O)COc1ccc(CCC[N+]2(CCCc3ccc(OCC(=O)OC)cc3)CCCC(NC(=O)c3nc(Cl)c(N)nc3N)C2)cc1.[Cl-]. The number of benzene rings is 2. The van der Waals surface area contributed by atoms with Crippen molar-refractivity contribution in [1.29, 1.82) is 0 Å². The van der Waals surface area contributed by atoms with Gasteiger partial charge < -0.3 is 52.6 Å². The summed E-state index contributed by atoms with van der Waals surface area (Å²) in [5.41, 5.74) is 14.0. The number of carbonyl (C=O) groups is 3. The maximum atomic E-state index is 13.2. The van der Waals surface area contributed by atoms with Gasteiger partial charge in [0, 0.05) is 12.8 Å². The normalized spacial score (nSPS) is 15.0. The molecule has 2 aromatic carbocycles. The lowest BCUT2D eigenvalue weighted by Crippen LogP contribution is -3.00. The highest BCUT2D eigenvalue weighted by Crippen LogP contribution is 2.25. The van der Waals surface area contributed by atoms with Crippen LogP contribution >= 0.6 is 11.6 Å². The Bertz CT molecular complexity index is 1470. The van der Waals surface area contributed by atoms with Crippen molar-refractivity contribution in [2.24, 2.45) is 0 Å². The Morgan fingerprint density at radius 2 is 1.35 bits per heavy atom. The summed E-state index contributed by atoms with van der Waals surface area (Å²) >= 11 is 6.03. The molecule has 0 radical (unpaired) electrons. The van der Waals surface area contributed by atoms with Crippen molar-refractivity contribution in [3.05, 3.63) is 70.5 Å². The Balaban J connectivity index is 0.00000650. The highest BCUT2D eigenvalue weighted by atomic mass is 35.5. The van der Waals surface area contributed by atoms with E-state index >= 15 is 0 Å². The van der Waals surface area contributed by atoms with Gasteiger partial charge in [-0.15, -0.1) is 0 Å². The maximum absolute atomic E-state index is 13.2. The number of nitrogens with one attached hydrogen (secondary N) is 1. The van der Waals surface area contributed by atoms with Crippen molar-refractivity contribution in [2.45, 2.75) is 44.6 Å². The first-order valence-electron chi connectivity index (χ1n) is 15.9. The number of halogens is 2. The lowest BCUT2D eigenvalue weighted by atomic mass is 9.99. The second-order valence-corrected chi connectivity index (χ2v) is 12.2. The quantitative estimate of drug-likeness (QED) is 0.138. The summed E-state index contributed by atoms with van der Waals surface area (Å²) in [5.74, 6) is -0.147. The number of amides is 1. The molecule has 49 heavy (non-hydrogen) atoms. The summed E-state index contributed by atoms with van der Waals surface area (Å²) in [7, 11) is 2.65. The summed E-state index contributed by atoms with van der Waals surface area (Å²) in [5, 5.41) is 3.06. The van der Waals surface area contributed by atoms with Crippen molar-refractivity contribution in [3.8, 4) is 11.5 Å². The molecule has 2 heterocycles. The third-order valence-electron chi connectivity index (χ3n) is 8.46. The number of hydrogen-bond donors (Lipinski definition) is 3. The number of likely N-dealkylation sites (tertiary alicyclic amines) is 1. The number of nitrogens with two attached hydrogens (primary N) is 2. The number of ether oxygens (including phenoxy) is 4. The number of aromatic nitrogens is 2. The van der Waals surface area contributed by atoms with Gasteiger partial charge in [-0.2, -0.15) is 0 Å². The van der Waals surface area contributed by atoms with Crippen molar-refractivity contribution in [1.82, 2.24) is 15.3 Å². The zero-order valence-corrected chi connectivity index (χ0v) is 29.3. The zero-order chi connectivity index (χ0) is 34.5. The third kappa shape index (κ3) is 11.9. The van der Waals surface area contributed by atoms with E-state index in [0.717, 1.165) is 69.2 Å². The molecule has 1 saturated heterocycles. The van der Waals surface area contributed by atoms with Gasteiger partial charge in [0.05, 0.1) is 46.4 Å². The van der Waals surface area contributed by atoms with Gasteiger partial charge in [-0.1, -0.05) is 35.9 Å². The van der Waals surface area contributed by atoms with E-state index in [1.807, 2.05) is 48.5 Å². The Labute approximate surface area is 297 Å². The fourth-order valence-corrected chi connectivity index (χ4v) is 6.09. The van der Waals surface area contributed by atoms with Crippen molar-refractivity contribution in [3.63, 3.8) is 0 Å². The summed E-state index contributed by atoms with van der Waals surface area (Å²) < 4.78 is 21.1. The molecule has 4 rings (SSSR count). The van der Waals surface area contributed by atoms with E-state index in [-0.39, 0.29) is 54.1 Å². The Morgan fingerprint density at radius 3 is 1.84 bits per heavy atom. The number of carbonyl (C=O) groups excluding carboxylic acids is 3. The van der Waals surface area contributed by atoms with E-state index in [9.17, 15) is 14.4 Å². The number of hydrogen-bond acceptors (Lipinski definition) is 11. The first-order chi connectivity index (χ1) is 23.1. The number of nitrogen functional groups attached to an aromatic ring is 2. The van der Waals surface area contributed by atoms with Crippen LogP contribution in [0.4, 0.5) is 11.6 Å². The Kier molecular flexibility index (Phi) is 15.2. The fourth-order valence-electron chi connectivity index (χ4n) is 5.97. The molecule has 266 valence electrons. The molecule has 1 atom stereocenters. The van der Waals surface area contributed by atoms with Crippen LogP contribution in [0.15, 0.2) is 48.5 Å². The number of esters is 2. The van der Waals surface area contributed by atoms with E-state index in [4.69, 9.17) is 32.5 Å². The first kappa shape index (κ1) is 39.1. The minimum atomic E-state index is -0.431. The van der Waals surface area contributed by atoms with Crippen LogP contribution < -0.4 is 38.7 Å².